The molecule has 25 heavy (non-hydrogen) atoms. The summed E-state index contributed by atoms with van der Waals surface area (Å²) < 4.78 is 27.7. The summed E-state index contributed by atoms with van der Waals surface area (Å²) in [7, 11) is -3.90. The lowest BCUT2D eigenvalue weighted by atomic mass is 10.2. The Bertz CT molecular complexity index is 910. The Balaban J connectivity index is 1.88. The molecule has 1 aliphatic heterocycles. The van der Waals surface area contributed by atoms with E-state index in [9.17, 15) is 13.2 Å². The second-order valence-corrected chi connectivity index (χ2v) is 8.28. The van der Waals surface area contributed by atoms with E-state index in [1.807, 2.05) is 0 Å². The van der Waals surface area contributed by atoms with Gasteiger partial charge >= 0.3 is 0 Å². The molecule has 0 spiro atoms. The maximum absolute atomic E-state index is 12.6. The summed E-state index contributed by atoms with van der Waals surface area (Å²) >= 11 is 11.9. The van der Waals surface area contributed by atoms with E-state index < -0.39 is 10.0 Å². The first-order valence-electron chi connectivity index (χ1n) is 7.74. The fourth-order valence-corrected chi connectivity index (χ4v) is 4.19. The molecule has 1 heterocycles. The third-order valence-electron chi connectivity index (χ3n) is 3.96. The second-order valence-electron chi connectivity index (χ2n) is 5.76. The number of halogens is 2. The van der Waals surface area contributed by atoms with Gasteiger partial charge in [0.25, 0.3) is 15.9 Å². The van der Waals surface area contributed by atoms with Gasteiger partial charge in [0.15, 0.2) is 0 Å². The molecular formula is C17H16Cl2N2O3S. The Morgan fingerprint density at radius 2 is 1.76 bits per heavy atom. The summed E-state index contributed by atoms with van der Waals surface area (Å²) in [5, 5.41) is 0.595. The summed E-state index contributed by atoms with van der Waals surface area (Å²) in [5.41, 5.74) is 0.535. The second kappa shape index (κ2) is 7.23. The lowest BCUT2D eigenvalue weighted by molar-refractivity contribution is 0.0792. The highest BCUT2D eigenvalue weighted by molar-refractivity contribution is 7.92. The van der Waals surface area contributed by atoms with Crippen molar-refractivity contribution in [2.75, 3.05) is 17.8 Å². The Morgan fingerprint density at radius 1 is 1.04 bits per heavy atom. The average molecular weight is 399 g/mol. The van der Waals surface area contributed by atoms with Gasteiger partial charge in [-0.3, -0.25) is 9.52 Å². The van der Waals surface area contributed by atoms with E-state index in [4.69, 9.17) is 23.2 Å². The zero-order valence-corrected chi connectivity index (χ0v) is 15.5. The van der Waals surface area contributed by atoms with E-state index in [1.54, 1.807) is 23.1 Å². The van der Waals surface area contributed by atoms with Gasteiger partial charge in [-0.05, 0) is 49.2 Å². The standard InChI is InChI=1S/C17H16Cl2N2O3S/c18-13-6-7-15(19)16(11-13)20-25(23,24)14-5-3-4-12(10-14)17(22)21-8-1-2-9-21/h3-7,10-11,20H,1-2,8-9H2. The molecular weight excluding hydrogens is 383 g/mol. The number of benzene rings is 2. The van der Waals surface area contributed by atoms with Gasteiger partial charge in [-0.25, -0.2) is 8.42 Å². The lowest BCUT2D eigenvalue weighted by Crippen LogP contribution is -2.27. The van der Waals surface area contributed by atoms with Crippen LogP contribution >= 0.6 is 23.2 Å². The first-order valence-corrected chi connectivity index (χ1v) is 9.98. The first-order chi connectivity index (χ1) is 11.9. The summed E-state index contributed by atoms with van der Waals surface area (Å²) in [6.07, 6.45) is 1.94. The fraction of sp³-hybridized carbons (Fsp3) is 0.235. The van der Waals surface area contributed by atoms with Crippen LogP contribution in [0.15, 0.2) is 47.4 Å². The zero-order chi connectivity index (χ0) is 18.0. The molecule has 5 nitrogen and oxygen atoms in total. The summed E-state index contributed by atoms with van der Waals surface area (Å²) in [4.78, 5) is 14.2. The summed E-state index contributed by atoms with van der Waals surface area (Å²) in [6.45, 7) is 1.40. The molecule has 0 bridgehead atoms. The molecule has 0 aliphatic carbocycles. The number of carbonyl (C=O) groups excluding carboxylic acids is 1. The Morgan fingerprint density at radius 3 is 2.48 bits per heavy atom. The van der Waals surface area contributed by atoms with Gasteiger partial charge in [0, 0.05) is 23.7 Å². The molecule has 1 fully saturated rings. The molecule has 132 valence electrons. The molecule has 0 radical (unpaired) electrons. The number of amides is 1. The SMILES string of the molecule is O=C(c1cccc(S(=O)(=O)Nc2cc(Cl)ccc2Cl)c1)N1CCCC1. The van der Waals surface area contributed by atoms with Gasteiger partial charge in [-0.2, -0.15) is 0 Å². The quantitative estimate of drug-likeness (QED) is 0.844. The van der Waals surface area contributed by atoms with Crippen LogP contribution in [0.1, 0.15) is 23.2 Å². The van der Waals surface area contributed by atoms with Crippen molar-refractivity contribution < 1.29 is 13.2 Å². The van der Waals surface area contributed by atoms with Crippen molar-refractivity contribution in [1.29, 1.82) is 0 Å². The Kier molecular flexibility index (Phi) is 5.22. The van der Waals surface area contributed by atoms with E-state index in [0.29, 0.717) is 23.7 Å². The van der Waals surface area contributed by atoms with E-state index in [1.165, 1.54) is 24.3 Å². The number of anilines is 1. The summed E-state index contributed by atoms with van der Waals surface area (Å²) in [5.74, 6) is -0.157. The van der Waals surface area contributed by atoms with E-state index >= 15 is 0 Å². The predicted molar refractivity (Wildman–Crippen MR) is 98.9 cm³/mol. The molecule has 0 aromatic heterocycles. The molecule has 1 N–H and O–H groups in total. The van der Waals surface area contributed by atoms with Crippen molar-refractivity contribution in [3.8, 4) is 0 Å². The molecule has 1 saturated heterocycles. The highest BCUT2D eigenvalue weighted by atomic mass is 35.5. The zero-order valence-electron chi connectivity index (χ0n) is 13.2. The van der Waals surface area contributed by atoms with E-state index in [2.05, 4.69) is 4.72 Å². The molecule has 8 heteroatoms. The predicted octanol–water partition coefficient (Wildman–Crippen LogP) is 4.03. The number of nitrogens with zero attached hydrogens (tertiary/aromatic N) is 1. The number of hydrogen-bond acceptors (Lipinski definition) is 3. The van der Waals surface area contributed by atoms with Crippen molar-refractivity contribution in [2.45, 2.75) is 17.7 Å². The Hall–Kier alpha value is -1.76. The third kappa shape index (κ3) is 4.08. The minimum Gasteiger partial charge on any atom is -0.339 e. The number of nitrogens with one attached hydrogen (secondary N) is 1. The Labute approximate surface area is 156 Å². The first kappa shape index (κ1) is 18.0. The monoisotopic (exact) mass is 398 g/mol. The molecule has 1 aliphatic rings. The molecule has 0 saturated carbocycles. The number of rotatable bonds is 4. The highest BCUT2D eigenvalue weighted by Crippen LogP contribution is 2.28. The number of carbonyl (C=O) groups is 1. The topological polar surface area (TPSA) is 66.5 Å². The number of likely N-dealkylation sites (tertiary alicyclic amines) is 1. The van der Waals surface area contributed by atoms with Crippen LogP contribution in [0.2, 0.25) is 10.0 Å². The molecule has 0 unspecified atom stereocenters. The van der Waals surface area contributed by atoms with E-state index in [-0.39, 0.29) is 21.5 Å². The van der Waals surface area contributed by atoms with Crippen molar-refractivity contribution in [2.24, 2.45) is 0 Å². The van der Waals surface area contributed by atoms with Crippen molar-refractivity contribution in [3.05, 3.63) is 58.1 Å². The maximum atomic E-state index is 12.6. The smallest absolute Gasteiger partial charge is 0.261 e. The minimum atomic E-state index is -3.90. The van der Waals surface area contributed by atoms with Crippen LogP contribution in [0.4, 0.5) is 5.69 Å². The normalized spacial score (nSPS) is 14.6. The van der Waals surface area contributed by atoms with Crippen LogP contribution in [-0.2, 0) is 10.0 Å². The van der Waals surface area contributed by atoms with Crippen LogP contribution < -0.4 is 4.72 Å². The van der Waals surface area contributed by atoms with Gasteiger partial charge in [-0.1, -0.05) is 29.3 Å². The van der Waals surface area contributed by atoms with Gasteiger partial charge in [0.1, 0.15) is 0 Å². The van der Waals surface area contributed by atoms with Crippen LogP contribution in [-0.4, -0.2) is 32.3 Å². The molecule has 2 aromatic rings. The molecule has 1 amide bonds. The van der Waals surface area contributed by atoms with Crippen molar-refractivity contribution in [1.82, 2.24) is 4.90 Å². The maximum Gasteiger partial charge on any atom is 0.261 e. The number of sulfonamides is 1. The molecule has 0 atom stereocenters. The molecule has 3 rings (SSSR count). The van der Waals surface area contributed by atoms with Crippen LogP contribution in [0.25, 0.3) is 0 Å². The fourth-order valence-electron chi connectivity index (χ4n) is 2.68. The summed E-state index contributed by atoms with van der Waals surface area (Å²) in [6, 6.07) is 10.5. The lowest BCUT2D eigenvalue weighted by Gasteiger charge is -2.16. The number of hydrogen-bond donors (Lipinski definition) is 1. The third-order valence-corrected chi connectivity index (χ3v) is 5.89. The van der Waals surface area contributed by atoms with Crippen LogP contribution in [0, 0.1) is 0 Å². The largest absolute Gasteiger partial charge is 0.339 e. The van der Waals surface area contributed by atoms with E-state index in [0.717, 1.165) is 12.8 Å². The van der Waals surface area contributed by atoms with Crippen LogP contribution in [0.5, 0.6) is 0 Å². The highest BCUT2D eigenvalue weighted by Gasteiger charge is 2.22. The average Bonchev–Trinajstić information content (AvgIpc) is 3.12. The van der Waals surface area contributed by atoms with Gasteiger partial charge < -0.3 is 4.90 Å². The van der Waals surface area contributed by atoms with Gasteiger partial charge in [-0.15, -0.1) is 0 Å². The van der Waals surface area contributed by atoms with Crippen LogP contribution in [0.3, 0.4) is 0 Å². The minimum absolute atomic E-state index is 0.00594. The molecule has 2 aromatic carbocycles. The van der Waals surface area contributed by atoms with Gasteiger partial charge in [0.2, 0.25) is 0 Å². The van der Waals surface area contributed by atoms with Crippen molar-refractivity contribution in [3.63, 3.8) is 0 Å². The van der Waals surface area contributed by atoms with Crippen molar-refractivity contribution >= 4 is 44.8 Å². The van der Waals surface area contributed by atoms with Gasteiger partial charge in [0.05, 0.1) is 15.6 Å².